The number of rotatable bonds is 7. The van der Waals surface area contributed by atoms with Crippen molar-refractivity contribution in [3.05, 3.63) is 64.4 Å². The molecule has 4 rings (SSSR count). The van der Waals surface area contributed by atoms with Crippen molar-refractivity contribution in [1.82, 2.24) is 0 Å². The van der Waals surface area contributed by atoms with Crippen LogP contribution >= 0.6 is 11.3 Å². The van der Waals surface area contributed by atoms with Crippen LogP contribution < -0.4 is 14.8 Å². The van der Waals surface area contributed by atoms with E-state index in [4.69, 9.17) is 9.47 Å². The number of fused-ring (bicyclic) bond motifs is 1. The first-order valence-electron chi connectivity index (χ1n) is 10.1. The summed E-state index contributed by atoms with van der Waals surface area (Å²) in [7, 11) is 0. The zero-order valence-corrected chi connectivity index (χ0v) is 17.6. The van der Waals surface area contributed by atoms with E-state index in [-0.39, 0.29) is 11.8 Å². The molecule has 5 heteroatoms. The van der Waals surface area contributed by atoms with E-state index >= 15 is 0 Å². The van der Waals surface area contributed by atoms with Crippen molar-refractivity contribution < 1.29 is 14.3 Å². The molecular formula is C24H25NO3S. The minimum Gasteiger partial charge on any atom is -0.490 e. The van der Waals surface area contributed by atoms with Gasteiger partial charge >= 0.3 is 0 Å². The van der Waals surface area contributed by atoms with Crippen molar-refractivity contribution in [3.63, 3.8) is 0 Å². The Bertz CT molecular complexity index is 997. The molecule has 0 aliphatic carbocycles. The third kappa shape index (κ3) is 4.01. The SMILES string of the molecule is CCCOc1ccc(C2CC(=O)Nc3c(-c4ccccc4)csc32)cc1OCC. The number of nitrogens with one attached hydrogen (secondary N) is 1. The molecule has 29 heavy (non-hydrogen) atoms. The predicted molar refractivity (Wildman–Crippen MR) is 118 cm³/mol. The number of thiophene rings is 1. The lowest BCUT2D eigenvalue weighted by molar-refractivity contribution is -0.116. The van der Waals surface area contributed by atoms with Crippen molar-refractivity contribution in [3.8, 4) is 22.6 Å². The molecule has 2 aromatic carbocycles. The summed E-state index contributed by atoms with van der Waals surface area (Å²) in [6.45, 7) is 5.27. The molecule has 1 amide bonds. The topological polar surface area (TPSA) is 47.6 Å². The van der Waals surface area contributed by atoms with Crippen molar-refractivity contribution >= 4 is 22.9 Å². The maximum Gasteiger partial charge on any atom is 0.225 e. The molecule has 2 heterocycles. The summed E-state index contributed by atoms with van der Waals surface area (Å²) in [4.78, 5) is 13.7. The number of carbonyl (C=O) groups is 1. The van der Waals surface area contributed by atoms with E-state index in [0.717, 1.165) is 40.3 Å². The molecule has 0 radical (unpaired) electrons. The van der Waals surface area contributed by atoms with E-state index in [1.54, 1.807) is 11.3 Å². The third-order valence-corrected chi connectivity index (χ3v) is 6.10. The molecule has 0 fully saturated rings. The fourth-order valence-electron chi connectivity index (χ4n) is 3.67. The second kappa shape index (κ2) is 8.70. The minimum absolute atomic E-state index is 0.0145. The van der Waals surface area contributed by atoms with E-state index in [0.29, 0.717) is 19.6 Å². The molecule has 0 saturated heterocycles. The number of anilines is 1. The second-order valence-electron chi connectivity index (χ2n) is 7.05. The first-order valence-corrected chi connectivity index (χ1v) is 10.9. The van der Waals surface area contributed by atoms with E-state index in [1.807, 2.05) is 37.3 Å². The predicted octanol–water partition coefficient (Wildman–Crippen LogP) is 6.08. The normalized spacial score (nSPS) is 15.5. The summed E-state index contributed by atoms with van der Waals surface area (Å²) in [6, 6.07) is 16.2. The van der Waals surface area contributed by atoms with Gasteiger partial charge in [-0.2, -0.15) is 0 Å². The van der Waals surface area contributed by atoms with Gasteiger partial charge in [0.15, 0.2) is 11.5 Å². The molecule has 0 spiro atoms. The Labute approximate surface area is 175 Å². The summed E-state index contributed by atoms with van der Waals surface area (Å²) in [5, 5.41) is 5.24. The van der Waals surface area contributed by atoms with Crippen molar-refractivity contribution in [1.29, 1.82) is 0 Å². The van der Waals surface area contributed by atoms with Gasteiger partial charge in [0.2, 0.25) is 5.91 Å². The van der Waals surface area contributed by atoms with Gasteiger partial charge in [-0.05, 0) is 36.6 Å². The quantitative estimate of drug-likeness (QED) is 0.516. The number of amides is 1. The van der Waals surface area contributed by atoms with Gasteiger partial charge in [0.1, 0.15) is 0 Å². The van der Waals surface area contributed by atoms with Crippen molar-refractivity contribution in [2.24, 2.45) is 0 Å². The van der Waals surface area contributed by atoms with Gasteiger partial charge in [-0.25, -0.2) is 0 Å². The van der Waals surface area contributed by atoms with Gasteiger partial charge < -0.3 is 14.8 Å². The Balaban J connectivity index is 1.73. The summed E-state index contributed by atoms with van der Waals surface area (Å²) < 4.78 is 11.7. The second-order valence-corrected chi connectivity index (χ2v) is 7.96. The van der Waals surface area contributed by atoms with Gasteiger partial charge in [-0.15, -0.1) is 11.3 Å². The van der Waals surface area contributed by atoms with E-state index < -0.39 is 0 Å². The molecule has 1 aliphatic rings. The molecular weight excluding hydrogens is 382 g/mol. The van der Waals surface area contributed by atoms with Gasteiger partial charge in [-0.3, -0.25) is 4.79 Å². The van der Waals surface area contributed by atoms with Crippen LogP contribution in [0.3, 0.4) is 0 Å². The summed E-state index contributed by atoms with van der Waals surface area (Å²) in [5.41, 5.74) is 4.21. The Kier molecular flexibility index (Phi) is 5.86. The smallest absolute Gasteiger partial charge is 0.225 e. The van der Waals surface area contributed by atoms with Crippen LogP contribution in [0.1, 0.15) is 43.0 Å². The lowest BCUT2D eigenvalue weighted by Crippen LogP contribution is -2.22. The first kappa shape index (κ1) is 19.5. The largest absolute Gasteiger partial charge is 0.490 e. The van der Waals surface area contributed by atoms with Crippen LogP contribution in [-0.4, -0.2) is 19.1 Å². The maximum absolute atomic E-state index is 12.5. The van der Waals surface area contributed by atoms with E-state index in [1.165, 1.54) is 4.88 Å². The zero-order chi connectivity index (χ0) is 20.2. The van der Waals surface area contributed by atoms with Gasteiger partial charge in [0, 0.05) is 28.2 Å². The lowest BCUT2D eigenvalue weighted by atomic mass is 9.89. The average Bonchev–Trinajstić information content (AvgIpc) is 3.17. The molecule has 3 aromatic rings. The Morgan fingerprint density at radius 2 is 1.90 bits per heavy atom. The summed E-state index contributed by atoms with van der Waals surface area (Å²) in [5.74, 6) is 1.56. The third-order valence-electron chi connectivity index (χ3n) is 5.01. The zero-order valence-electron chi connectivity index (χ0n) is 16.7. The fraction of sp³-hybridized carbons (Fsp3) is 0.292. The Morgan fingerprint density at radius 3 is 2.66 bits per heavy atom. The number of benzene rings is 2. The van der Waals surface area contributed by atoms with Gasteiger partial charge in [0.05, 0.1) is 18.9 Å². The van der Waals surface area contributed by atoms with Crippen LogP contribution in [0.2, 0.25) is 0 Å². The number of hydrogen-bond acceptors (Lipinski definition) is 4. The number of hydrogen-bond donors (Lipinski definition) is 1. The van der Waals surface area contributed by atoms with Crippen molar-refractivity contribution in [2.75, 3.05) is 18.5 Å². The monoisotopic (exact) mass is 407 g/mol. The van der Waals surface area contributed by atoms with Crippen LogP contribution in [0.15, 0.2) is 53.9 Å². The summed E-state index contributed by atoms with van der Waals surface area (Å²) in [6.07, 6.45) is 1.37. The van der Waals surface area contributed by atoms with Crippen LogP contribution in [-0.2, 0) is 4.79 Å². The van der Waals surface area contributed by atoms with Crippen LogP contribution in [0, 0.1) is 0 Å². The number of ether oxygens (including phenoxy) is 2. The number of carbonyl (C=O) groups excluding carboxylic acids is 1. The molecule has 0 saturated carbocycles. The average molecular weight is 408 g/mol. The Hall–Kier alpha value is -2.79. The standard InChI is InChI=1S/C24H25NO3S/c1-3-12-28-20-11-10-17(13-21(20)27-4-2)18-14-22(26)25-23-19(15-29-24(18)23)16-8-6-5-7-9-16/h5-11,13,15,18H,3-4,12,14H2,1-2H3,(H,25,26). The van der Waals surface area contributed by atoms with Crippen LogP contribution in [0.4, 0.5) is 5.69 Å². The molecule has 1 atom stereocenters. The van der Waals surface area contributed by atoms with Gasteiger partial charge in [0.25, 0.3) is 0 Å². The van der Waals surface area contributed by atoms with E-state index in [9.17, 15) is 4.79 Å². The van der Waals surface area contributed by atoms with Crippen molar-refractivity contribution in [2.45, 2.75) is 32.6 Å². The van der Waals surface area contributed by atoms with Gasteiger partial charge in [-0.1, -0.05) is 43.3 Å². The molecule has 4 nitrogen and oxygen atoms in total. The summed E-state index contributed by atoms with van der Waals surface area (Å²) >= 11 is 1.70. The highest BCUT2D eigenvalue weighted by atomic mass is 32.1. The molecule has 1 unspecified atom stereocenters. The first-order chi connectivity index (χ1) is 14.2. The molecule has 1 aliphatic heterocycles. The molecule has 1 N–H and O–H groups in total. The van der Waals surface area contributed by atoms with Crippen LogP contribution in [0.5, 0.6) is 11.5 Å². The highest BCUT2D eigenvalue weighted by molar-refractivity contribution is 7.11. The molecule has 0 bridgehead atoms. The molecule has 150 valence electrons. The lowest BCUT2D eigenvalue weighted by Gasteiger charge is -2.25. The highest BCUT2D eigenvalue weighted by Gasteiger charge is 2.31. The van der Waals surface area contributed by atoms with Crippen LogP contribution in [0.25, 0.3) is 11.1 Å². The highest BCUT2D eigenvalue weighted by Crippen LogP contribution is 2.47. The molecule has 1 aromatic heterocycles. The van der Waals surface area contributed by atoms with E-state index in [2.05, 4.69) is 35.8 Å². The Morgan fingerprint density at radius 1 is 1.07 bits per heavy atom. The maximum atomic E-state index is 12.5. The minimum atomic E-state index is 0.0145. The fourth-order valence-corrected chi connectivity index (χ4v) is 4.83.